The van der Waals surface area contributed by atoms with Crippen LogP contribution in [0.3, 0.4) is 0 Å². The summed E-state index contributed by atoms with van der Waals surface area (Å²) in [7, 11) is 0. The molecule has 0 unspecified atom stereocenters. The van der Waals surface area contributed by atoms with Crippen LogP contribution in [0.1, 0.15) is 12.0 Å². The van der Waals surface area contributed by atoms with E-state index in [2.05, 4.69) is 5.32 Å². The van der Waals surface area contributed by atoms with E-state index in [0.717, 1.165) is 25.1 Å². The molecule has 1 fully saturated rings. The summed E-state index contributed by atoms with van der Waals surface area (Å²) < 4.78 is 5.25. The zero-order valence-electron chi connectivity index (χ0n) is 9.32. The summed E-state index contributed by atoms with van der Waals surface area (Å²) >= 11 is 0. The van der Waals surface area contributed by atoms with Gasteiger partial charge in [0, 0.05) is 12.5 Å². The van der Waals surface area contributed by atoms with Crippen molar-refractivity contribution < 1.29 is 9.53 Å². The SMILES string of the molecule is O=C(Cc1ccccc1)OC[C@@H]1CCNC1. The molecule has 3 heteroatoms. The number of carbonyl (C=O) groups excluding carboxylic acids is 1. The molecule has 1 aliphatic heterocycles. The minimum atomic E-state index is -0.127. The van der Waals surface area contributed by atoms with E-state index in [4.69, 9.17) is 4.74 Å². The van der Waals surface area contributed by atoms with Gasteiger partial charge in [0.2, 0.25) is 0 Å². The maximum Gasteiger partial charge on any atom is 0.310 e. The molecule has 1 aromatic carbocycles. The molecule has 2 rings (SSSR count). The van der Waals surface area contributed by atoms with Gasteiger partial charge in [-0.3, -0.25) is 4.79 Å². The van der Waals surface area contributed by atoms with Gasteiger partial charge in [0.15, 0.2) is 0 Å². The quantitative estimate of drug-likeness (QED) is 0.777. The average molecular weight is 219 g/mol. The van der Waals surface area contributed by atoms with Crippen LogP contribution in [0.4, 0.5) is 0 Å². The maximum atomic E-state index is 11.5. The summed E-state index contributed by atoms with van der Waals surface area (Å²) in [5.41, 5.74) is 1.01. The highest BCUT2D eigenvalue weighted by Gasteiger charge is 2.16. The van der Waals surface area contributed by atoms with Crippen molar-refractivity contribution in [1.82, 2.24) is 5.32 Å². The van der Waals surface area contributed by atoms with E-state index < -0.39 is 0 Å². The molecule has 1 atom stereocenters. The molecule has 0 aromatic heterocycles. The fourth-order valence-electron chi connectivity index (χ4n) is 1.88. The van der Waals surface area contributed by atoms with Gasteiger partial charge < -0.3 is 10.1 Å². The summed E-state index contributed by atoms with van der Waals surface area (Å²) in [5, 5.41) is 3.25. The number of esters is 1. The van der Waals surface area contributed by atoms with E-state index in [1.165, 1.54) is 0 Å². The van der Waals surface area contributed by atoms with Gasteiger partial charge in [0.05, 0.1) is 13.0 Å². The van der Waals surface area contributed by atoms with Crippen molar-refractivity contribution in [1.29, 1.82) is 0 Å². The lowest BCUT2D eigenvalue weighted by Crippen LogP contribution is -2.17. The van der Waals surface area contributed by atoms with Crippen molar-refractivity contribution in [3.05, 3.63) is 35.9 Å². The van der Waals surface area contributed by atoms with Crippen LogP contribution < -0.4 is 5.32 Å². The number of ether oxygens (including phenoxy) is 1. The summed E-state index contributed by atoms with van der Waals surface area (Å²) in [6.45, 7) is 2.57. The molecule has 0 aliphatic carbocycles. The number of benzene rings is 1. The zero-order valence-corrected chi connectivity index (χ0v) is 9.32. The highest BCUT2D eigenvalue weighted by atomic mass is 16.5. The van der Waals surface area contributed by atoms with Crippen molar-refractivity contribution in [2.24, 2.45) is 5.92 Å². The van der Waals surface area contributed by atoms with Crippen LogP contribution in [0, 0.1) is 5.92 Å². The molecule has 0 radical (unpaired) electrons. The van der Waals surface area contributed by atoms with E-state index in [-0.39, 0.29) is 5.97 Å². The lowest BCUT2D eigenvalue weighted by molar-refractivity contribution is -0.144. The predicted molar refractivity (Wildman–Crippen MR) is 62.1 cm³/mol. The minimum Gasteiger partial charge on any atom is -0.465 e. The Bertz CT molecular complexity index is 331. The average Bonchev–Trinajstić information content (AvgIpc) is 2.81. The van der Waals surface area contributed by atoms with E-state index in [0.29, 0.717) is 18.9 Å². The third kappa shape index (κ3) is 3.35. The maximum absolute atomic E-state index is 11.5. The first-order valence-corrected chi connectivity index (χ1v) is 5.75. The predicted octanol–water partition coefficient (Wildman–Crippen LogP) is 1.38. The first-order chi connectivity index (χ1) is 7.84. The Morgan fingerprint density at radius 2 is 2.19 bits per heavy atom. The third-order valence-corrected chi connectivity index (χ3v) is 2.83. The van der Waals surface area contributed by atoms with Gasteiger partial charge in [-0.15, -0.1) is 0 Å². The normalized spacial score (nSPS) is 19.6. The highest BCUT2D eigenvalue weighted by Crippen LogP contribution is 2.08. The molecule has 0 saturated carbocycles. The second-order valence-electron chi connectivity index (χ2n) is 4.20. The Balaban J connectivity index is 1.72. The summed E-state index contributed by atoms with van der Waals surface area (Å²) in [6, 6.07) is 9.70. The Labute approximate surface area is 95.8 Å². The molecular weight excluding hydrogens is 202 g/mol. The van der Waals surface area contributed by atoms with Crippen LogP contribution in [0.2, 0.25) is 0 Å². The molecule has 1 heterocycles. The minimum absolute atomic E-state index is 0.127. The van der Waals surface area contributed by atoms with Gasteiger partial charge in [0.25, 0.3) is 0 Å². The molecular formula is C13H17NO2. The summed E-state index contributed by atoms with van der Waals surface area (Å²) in [5.74, 6) is 0.373. The molecule has 0 spiro atoms. The number of hydrogen-bond donors (Lipinski definition) is 1. The number of hydrogen-bond acceptors (Lipinski definition) is 3. The summed E-state index contributed by atoms with van der Waals surface area (Å²) in [4.78, 5) is 11.5. The van der Waals surface area contributed by atoms with Gasteiger partial charge >= 0.3 is 5.97 Å². The smallest absolute Gasteiger partial charge is 0.310 e. The van der Waals surface area contributed by atoms with Crippen LogP contribution in [-0.2, 0) is 16.0 Å². The Hall–Kier alpha value is -1.35. The van der Waals surface area contributed by atoms with Gasteiger partial charge in [-0.1, -0.05) is 30.3 Å². The van der Waals surface area contributed by atoms with E-state index in [9.17, 15) is 4.79 Å². The van der Waals surface area contributed by atoms with Crippen molar-refractivity contribution in [3.63, 3.8) is 0 Å². The zero-order chi connectivity index (χ0) is 11.2. The van der Waals surface area contributed by atoms with Crippen LogP contribution >= 0.6 is 0 Å². The molecule has 0 bridgehead atoms. The summed E-state index contributed by atoms with van der Waals surface area (Å²) in [6.07, 6.45) is 1.49. The van der Waals surface area contributed by atoms with Crippen LogP contribution in [-0.4, -0.2) is 25.7 Å². The van der Waals surface area contributed by atoms with Crippen molar-refractivity contribution >= 4 is 5.97 Å². The Morgan fingerprint density at radius 3 is 2.88 bits per heavy atom. The van der Waals surface area contributed by atoms with Crippen LogP contribution in [0.15, 0.2) is 30.3 Å². The monoisotopic (exact) mass is 219 g/mol. The molecule has 86 valence electrons. The standard InChI is InChI=1S/C13H17NO2/c15-13(8-11-4-2-1-3-5-11)16-10-12-6-7-14-9-12/h1-5,12,14H,6-10H2/t12-/m1/s1. The van der Waals surface area contributed by atoms with Crippen LogP contribution in [0.5, 0.6) is 0 Å². The molecule has 1 saturated heterocycles. The number of carbonyl (C=O) groups is 1. The molecule has 0 amide bonds. The fraction of sp³-hybridized carbons (Fsp3) is 0.462. The first-order valence-electron chi connectivity index (χ1n) is 5.75. The van der Waals surface area contributed by atoms with Gasteiger partial charge in [-0.2, -0.15) is 0 Å². The largest absolute Gasteiger partial charge is 0.465 e. The Kier molecular flexibility index (Phi) is 3.94. The van der Waals surface area contributed by atoms with Crippen molar-refractivity contribution in [2.45, 2.75) is 12.8 Å². The molecule has 3 nitrogen and oxygen atoms in total. The number of rotatable bonds is 4. The topological polar surface area (TPSA) is 38.3 Å². The van der Waals surface area contributed by atoms with E-state index in [1.807, 2.05) is 30.3 Å². The second kappa shape index (κ2) is 5.66. The number of nitrogens with one attached hydrogen (secondary N) is 1. The van der Waals surface area contributed by atoms with E-state index >= 15 is 0 Å². The lowest BCUT2D eigenvalue weighted by atomic mass is 10.1. The van der Waals surface area contributed by atoms with Gasteiger partial charge in [-0.25, -0.2) is 0 Å². The Morgan fingerprint density at radius 1 is 1.38 bits per heavy atom. The molecule has 1 aromatic rings. The second-order valence-corrected chi connectivity index (χ2v) is 4.20. The van der Waals surface area contributed by atoms with Gasteiger partial charge in [-0.05, 0) is 18.5 Å². The van der Waals surface area contributed by atoms with Crippen LogP contribution in [0.25, 0.3) is 0 Å². The molecule has 1 aliphatic rings. The first kappa shape index (κ1) is 11.1. The van der Waals surface area contributed by atoms with Crippen molar-refractivity contribution in [3.8, 4) is 0 Å². The fourth-order valence-corrected chi connectivity index (χ4v) is 1.88. The van der Waals surface area contributed by atoms with E-state index in [1.54, 1.807) is 0 Å². The molecule has 16 heavy (non-hydrogen) atoms. The third-order valence-electron chi connectivity index (χ3n) is 2.83. The van der Waals surface area contributed by atoms with Crippen molar-refractivity contribution in [2.75, 3.05) is 19.7 Å². The lowest BCUT2D eigenvalue weighted by Gasteiger charge is -2.09. The highest BCUT2D eigenvalue weighted by molar-refractivity contribution is 5.72. The van der Waals surface area contributed by atoms with Gasteiger partial charge in [0.1, 0.15) is 0 Å². The molecule has 1 N–H and O–H groups in total.